The van der Waals surface area contributed by atoms with Crippen LogP contribution in [0.25, 0.3) is 11.4 Å². The molecule has 22 heavy (non-hydrogen) atoms. The monoisotopic (exact) mass is 343 g/mol. The van der Waals surface area contributed by atoms with E-state index < -0.39 is 9.84 Å². The van der Waals surface area contributed by atoms with Crippen LogP contribution >= 0.6 is 12.4 Å². The van der Waals surface area contributed by atoms with E-state index in [4.69, 9.17) is 4.52 Å². The second kappa shape index (κ2) is 6.76. The molecule has 1 aliphatic rings. The van der Waals surface area contributed by atoms with Crippen LogP contribution in [0.15, 0.2) is 33.7 Å². The molecule has 0 saturated carbocycles. The highest BCUT2D eigenvalue weighted by atomic mass is 35.5. The lowest BCUT2D eigenvalue weighted by molar-refractivity contribution is 0.320. The van der Waals surface area contributed by atoms with Crippen LogP contribution in [0.1, 0.15) is 24.7 Å². The molecular formula is C14H18ClN3O3S. The largest absolute Gasteiger partial charge is 0.339 e. The normalized spacial score (nSPS) is 16.2. The maximum Gasteiger partial charge on any atom is 0.230 e. The Morgan fingerprint density at radius 3 is 2.41 bits per heavy atom. The molecule has 3 rings (SSSR count). The molecular weight excluding hydrogens is 326 g/mol. The first-order chi connectivity index (χ1) is 10.0. The van der Waals surface area contributed by atoms with E-state index in [2.05, 4.69) is 15.5 Å². The van der Waals surface area contributed by atoms with Crippen molar-refractivity contribution in [3.05, 3.63) is 30.2 Å². The zero-order valence-electron chi connectivity index (χ0n) is 12.2. The van der Waals surface area contributed by atoms with Gasteiger partial charge in [0, 0.05) is 17.7 Å². The summed E-state index contributed by atoms with van der Waals surface area (Å²) in [6.45, 7) is 1.93. The molecule has 1 aromatic heterocycles. The summed E-state index contributed by atoms with van der Waals surface area (Å²) in [7, 11) is -3.18. The first-order valence-electron chi connectivity index (χ1n) is 6.89. The van der Waals surface area contributed by atoms with E-state index in [-0.39, 0.29) is 17.3 Å². The minimum atomic E-state index is -3.18. The fourth-order valence-electron chi connectivity index (χ4n) is 2.44. The highest BCUT2D eigenvalue weighted by molar-refractivity contribution is 7.90. The number of hydrogen-bond acceptors (Lipinski definition) is 6. The van der Waals surface area contributed by atoms with Crippen LogP contribution in [-0.4, -0.2) is 37.9 Å². The highest BCUT2D eigenvalue weighted by Gasteiger charge is 2.21. The fourth-order valence-corrected chi connectivity index (χ4v) is 3.07. The van der Waals surface area contributed by atoms with Crippen LogP contribution < -0.4 is 5.32 Å². The molecule has 0 radical (unpaired) electrons. The molecule has 0 bridgehead atoms. The lowest BCUT2D eigenvalue weighted by Crippen LogP contribution is -2.26. The third kappa shape index (κ3) is 3.66. The Labute approximate surface area is 135 Å². The van der Waals surface area contributed by atoms with Crippen molar-refractivity contribution in [2.45, 2.75) is 23.7 Å². The Kier molecular flexibility index (Phi) is 5.20. The minimum absolute atomic E-state index is 0. The summed E-state index contributed by atoms with van der Waals surface area (Å²) >= 11 is 0. The summed E-state index contributed by atoms with van der Waals surface area (Å²) < 4.78 is 28.2. The van der Waals surface area contributed by atoms with Crippen LogP contribution in [0.3, 0.4) is 0 Å². The van der Waals surface area contributed by atoms with Gasteiger partial charge >= 0.3 is 0 Å². The second-order valence-corrected chi connectivity index (χ2v) is 7.29. The number of aromatic nitrogens is 2. The van der Waals surface area contributed by atoms with Crippen molar-refractivity contribution < 1.29 is 12.9 Å². The number of sulfone groups is 1. The molecule has 1 N–H and O–H groups in total. The zero-order valence-corrected chi connectivity index (χ0v) is 13.8. The fraction of sp³-hybridized carbons (Fsp3) is 0.429. The first-order valence-corrected chi connectivity index (χ1v) is 8.78. The molecule has 0 spiro atoms. The Bertz CT molecular complexity index is 722. The maximum atomic E-state index is 11.4. The quantitative estimate of drug-likeness (QED) is 0.917. The van der Waals surface area contributed by atoms with E-state index in [0.717, 1.165) is 31.5 Å². The topological polar surface area (TPSA) is 85.1 Å². The molecule has 1 fully saturated rings. The van der Waals surface area contributed by atoms with Crippen LogP contribution in [0.4, 0.5) is 0 Å². The van der Waals surface area contributed by atoms with Gasteiger partial charge in [0.15, 0.2) is 9.84 Å². The summed E-state index contributed by atoms with van der Waals surface area (Å²) in [6, 6.07) is 6.53. The molecule has 120 valence electrons. The molecule has 1 aliphatic heterocycles. The summed E-state index contributed by atoms with van der Waals surface area (Å²) in [5.41, 5.74) is 0.756. The van der Waals surface area contributed by atoms with Crippen molar-refractivity contribution in [2.75, 3.05) is 19.3 Å². The highest BCUT2D eigenvalue weighted by Crippen LogP contribution is 2.26. The van der Waals surface area contributed by atoms with Gasteiger partial charge in [-0.2, -0.15) is 4.98 Å². The van der Waals surface area contributed by atoms with Crippen molar-refractivity contribution in [1.29, 1.82) is 0 Å². The van der Waals surface area contributed by atoms with E-state index in [1.54, 1.807) is 24.3 Å². The van der Waals surface area contributed by atoms with Gasteiger partial charge in [-0.05, 0) is 50.2 Å². The Morgan fingerprint density at radius 2 is 1.82 bits per heavy atom. The molecule has 2 heterocycles. The average molecular weight is 344 g/mol. The molecule has 1 saturated heterocycles. The van der Waals surface area contributed by atoms with E-state index in [1.165, 1.54) is 6.26 Å². The number of piperidine rings is 1. The van der Waals surface area contributed by atoms with Gasteiger partial charge < -0.3 is 9.84 Å². The summed E-state index contributed by atoms with van der Waals surface area (Å²) in [5, 5.41) is 7.29. The zero-order chi connectivity index (χ0) is 14.9. The molecule has 0 amide bonds. The van der Waals surface area contributed by atoms with Crippen LogP contribution in [0.5, 0.6) is 0 Å². The van der Waals surface area contributed by atoms with E-state index >= 15 is 0 Å². The predicted octanol–water partition coefficient (Wildman–Crippen LogP) is 2.03. The smallest absolute Gasteiger partial charge is 0.230 e. The van der Waals surface area contributed by atoms with Crippen molar-refractivity contribution in [3.63, 3.8) is 0 Å². The number of hydrogen-bond donors (Lipinski definition) is 1. The van der Waals surface area contributed by atoms with E-state index in [9.17, 15) is 8.42 Å². The standard InChI is InChI=1S/C14H17N3O3S.ClH/c1-21(18,19)12-4-2-10(3-5-12)13-16-14(20-17-13)11-6-8-15-9-7-11;/h2-5,11,15H,6-9H2,1H3;1H. The van der Waals surface area contributed by atoms with Crippen molar-refractivity contribution in [2.24, 2.45) is 0 Å². The van der Waals surface area contributed by atoms with Crippen molar-refractivity contribution in [1.82, 2.24) is 15.5 Å². The molecule has 1 aromatic carbocycles. The maximum absolute atomic E-state index is 11.4. The number of nitrogens with zero attached hydrogens (tertiary/aromatic N) is 2. The van der Waals surface area contributed by atoms with Gasteiger partial charge in [-0.25, -0.2) is 8.42 Å². The van der Waals surface area contributed by atoms with E-state index in [0.29, 0.717) is 17.6 Å². The molecule has 2 aromatic rings. The number of halogens is 1. The summed E-state index contributed by atoms with van der Waals surface area (Å²) in [6.07, 6.45) is 3.18. The Morgan fingerprint density at radius 1 is 1.18 bits per heavy atom. The predicted molar refractivity (Wildman–Crippen MR) is 84.9 cm³/mol. The van der Waals surface area contributed by atoms with Gasteiger partial charge in [0.25, 0.3) is 0 Å². The van der Waals surface area contributed by atoms with Gasteiger partial charge in [0.05, 0.1) is 4.90 Å². The molecule has 6 nitrogen and oxygen atoms in total. The van der Waals surface area contributed by atoms with Gasteiger partial charge in [0.1, 0.15) is 0 Å². The Balaban J connectivity index is 0.00000176. The van der Waals surface area contributed by atoms with Crippen LogP contribution in [0, 0.1) is 0 Å². The Hall–Kier alpha value is -1.44. The number of rotatable bonds is 3. The van der Waals surface area contributed by atoms with Crippen molar-refractivity contribution in [3.8, 4) is 11.4 Å². The van der Waals surface area contributed by atoms with Gasteiger partial charge in [-0.1, -0.05) is 5.16 Å². The second-order valence-electron chi connectivity index (χ2n) is 5.28. The molecule has 0 aliphatic carbocycles. The van der Waals surface area contributed by atoms with Gasteiger partial charge in [-0.15, -0.1) is 12.4 Å². The third-order valence-electron chi connectivity index (χ3n) is 3.67. The van der Waals surface area contributed by atoms with Crippen LogP contribution in [-0.2, 0) is 9.84 Å². The van der Waals surface area contributed by atoms with Crippen molar-refractivity contribution >= 4 is 22.2 Å². The summed E-state index contributed by atoms with van der Waals surface area (Å²) in [5.74, 6) is 1.48. The molecule has 0 atom stereocenters. The lowest BCUT2D eigenvalue weighted by Gasteiger charge is -2.18. The SMILES string of the molecule is CS(=O)(=O)c1ccc(-c2noc(C3CCNCC3)n2)cc1.Cl. The summed E-state index contributed by atoms with van der Waals surface area (Å²) in [4.78, 5) is 4.73. The van der Waals surface area contributed by atoms with Crippen LogP contribution in [0.2, 0.25) is 0 Å². The number of benzene rings is 1. The number of nitrogens with one attached hydrogen (secondary N) is 1. The van der Waals surface area contributed by atoms with E-state index in [1.807, 2.05) is 0 Å². The van der Waals surface area contributed by atoms with Gasteiger partial charge in [-0.3, -0.25) is 0 Å². The molecule has 8 heteroatoms. The first kappa shape index (κ1) is 16.9. The lowest BCUT2D eigenvalue weighted by atomic mass is 9.98. The van der Waals surface area contributed by atoms with Gasteiger partial charge in [0.2, 0.25) is 11.7 Å². The third-order valence-corrected chi connectivity index (χ3v) is 4.80. The average Bonchev–Trinajstić information content (AvgIpc) is 2.97. The minimum Gasteiger partial charge on any atom is -0.339 e. The molecule has 0 unspecified atom stereocenters.